The van der Waals surface area contributed by atoms with Crippen LogP contribution in [0.1, 0.15) is 19.9 Å². The number of pyridine rings is 2. The molecule has 0 unspecified atom stereocenters. The number of hydrogen-bond donors (Lipinski definition) is 0. The van der Waals surface area contributed by atoms with Crippen molar-refractivity contribution in [2.45, 2.75) is 19.9 Å². The van der Waals surface area contributed by atoms with Gasteiger partial charge in [-0.1, -0.05) is 0 Å². The van der Waals surface area contributed by atoms with Gasteiger partial charge in [0.25, 0.3) is 5.69 Å². The molecule has 0 aliphatic carbocycles. The molecule has 29 heavy (non-hydrogen) atoms. The fourth-order valence-corrected chi connectivity index (χ4v) is 3.89. The lowest BCUT2D eigenvalue weighted by molar-refractivity contribution is -0.384. The third-order valence-corrected chi connectivity index (χ3v) is 5.11. The predicted octanol–water partition coefficient (Wildman–Crippen LogP) is 5.29. The van der Waals surface area contributed by atoms with E-state index in [4.69, 9.17) is 4.98 Å². The van der Waals surface area contributed by atoms with E-state index in [-0.39, 0.29) is 11.7 Å². The summed E-state index contributed by atoms with van der Waals surface area (Å²) in [5, 5.41) is 13.0. The summed E-state index contributed by atoms with van der Waals surface area (Å²) in [5.74, 6) is 0.770. The van der Waals surface area contributed by atoms with Gasteiger partial charge in [0, 0.05) is 46.9 Å². The second kappa shape index (κ2) is 6.34. The van der Waals surface area contributed by atoms with Crippen LogP contribution in [0, 0.1) is 10.1 Å². The van der Waals surface area contributed by atoms with Gasteiger partial charge in [-0.3, -0.25) is 20.1 Å². The molecular formula is C22H17N5O2. The summed E-state index contributed by atoms with van der Waals surface area (Å²) in [5.41, 5.74) is 4.40. The highest BCUT2D eigenvalue weighted by molar-refractivity contribution is 6.21. The van der Waals surface area contributed by atoms with Crippen molar-refractivity contribution in [2.24, 2.45) is 0 Å². The zero-order valence-corrected chi connectivity index (χ0v) is 15.9. The molecular weight excluding hydrogens is 366 g/mol. The highest BCUT2D eigenvalue weighted by atomic mass is 16.6. The molecule has 0 fully saturated rings. The number of nitro groups is 1. The van der Waals surface area contributed by atoms with Gasteiger partial charge in [-0.25, -0.2) is 4.98 Å². The number of nitrogens with zero attached hydrogens (tertiary/aromatic N) is 5. The second-order valence-corrected chi connectivity index (χ2v) is 7.20. The first kappa shape index (κ1) is 17.2. The molecule has 142 valence electrons. The van der Waals surface area contributed by atoms with Crippen molar-refractivity contribution in [2.75, 3.05) is 0 Å². The van der Waals surface area contributed by atoms with Crippen LogP contribution in [0.15, 0.2) is 60.9 Å². The van der Waals surface area contributed by atoms with Crippen LogP contribution in [-0.4, -0.2) is 24.4 Å². The van der Waals surface area contributed by atoms with Crippen LogP contribution >= 0.6 is 0 Å². The van der Waals surface area contributed by atoms with Gasteiger partial charge < -0.3 is 4.57 Å². The van der Waals surface area contributed by atoms with Crippen molar-refractivity contribution in [3.05, 3.63) is 71.0 Å². The van der Waals surface area contributed by atoms with Gasteiger partial charge in [0.15, 0.2) is 0 Å². The van der Waals surface area contributed by atoms with Crippen molar-refractivity contribution in [1.29, 1.82) is 0 Å². The molecule has 0 saturated carbocycles. The Bertz CT molecular complexity index is 1400. The maximum Gasteiger partial charge on any atom is 0.269 e. The van der Waals surface area contributed by atoms with Crippen LogP contribution < -0.4 is 0 Å². The van der Waals surface area contributed by atoms with Crippen molar-refractivity contribution >= 4 is 38.5 Å². The van der Waals surface area contributed by atoms with Gasteiger partial charge in [-0.05, 0) is 50.2 Å². The average Bonchev–Trinajstić information content (AvgIpc) is 3.15. The molecule has 0 atom stereocenters. The Balaban J connectivity index is 1.94. The number of aromatic nitrogens is 4. The minimum atomic E-state index is -0.395. The normalized spacial score (nSPS) is 11.7. The van der Waals surface area contributed by atoms with E-state index in [1.807, 2.05) is 24.3 Å². The zero-order chi connectivity index (χ0) is 20.1. The molecule has 0 N–H and O–H groups in total. The van der Waals surface area contributed by atoms with Crippen molar-refractivity contribution in [3.8, 4) is 11.4 Å². The van der Waals surface area contributed by atoms with E-state index in [1.165, 1.54) is 12.1 Å². The highest BCUT2D eigenvalue weighted by Crippen LogP contribution is 2.37. The third-order valence-electron chi connectivity index (χ3n) is 5.11. The fraction of sp³-hybridized carbons (Fsp3) is 0.136. The van der Waals surface area contributed by atoms with E-state index in [0.29, 0.717) is 0 Å². The summed E-state index contributed by atoms with van der Waals surface area (Å²) in [6, 6.07) is 14.5. The summed E-state index contributed by atoms with van der Waals surface area (Å²) >= 11 is 0. The number of hydrogen-bond acceptors (Lipinski definition) is 5. The molecule has 7 nitrogen and oxygen atoms in total. The second-order valence-electron chi connectivity index (χ2n) is 7.20. The van der Waals surface area contributed by atoms with E-state index in [2.05, 4.69) is 28.4 Å². The first-order chi connectivity index (χ1) is 14.1. The van der Waals surface area contributed by atoms with Crippen molar-refractivity contribution in [3.63, 3.8) is 0 Å². The van der Waals surface area contributed by atoms with Crippen LogP contribution in [0.2, 0.25) is 0 Å². The molecule has 2 aromatic carbocycles. The largest absolute Gasteiger partial charge is 0.321 e. The fourth-order valence-electron chi connectivity index (χ4n) is 3.89. The van der Waals surface area contributed by atoms with Crippen LogP contribution in [-0.2, 0) is 0 Å². The zero-order valence-electron chi connectivity index (χ0n) is 15.9. The summed E-state index contributed by atoms with van der Waals surface area (Å²) in [4.78, 5) is 24.8. The van der Waals surface area contributed by atoms with E-state index >= 15 is 0 Å². The smallest absolute Gasteiger partial charge is 0.269 e. The molecule has 0 amide bonds. The molecule has 0 bridgehead atoms. The lowest BCUT2D eigenvalue weighted by Crippen LogP contribution is -2.04. The van der Waals surface area contributed by atoms with Crippen LogP contribution in [0.4, 0.5) is 5.69 Å². The quantitative estimate of drug-likeness (QED) is 0.240. The number of benzene rings is 2. The summed E-state index contributed by atoms with van der Waals surface area (Å²) < 4.78 is 2.17. The maximum absolute atomic E-state index is 11.0. The predicted molar refractivity (Wildman–Crippen MR) is 113 cm³/mol. The molecule has 0 aliphatic heterocycles. The third kappa shape index (κ3) is 2.55. The van der Waals surface area contributed by atoms with Crippen molar-refractivity contribution in [1.82, 2.24) is 19.5 Å². The lowest BCUT2D eigenvalue weighted by Gasteiger charge is -2.14. The molecule has 0 spiro atoms. The Morgan fingerprint density at radius 1 is 0.897 bits per heavy atom. The first-order valence-electron chi connectivity index (χ1n) is 9.34. The van der Waals surface area contributed by atoms with Crippen LogP contribution in [0.5, 0.6) is 0 Å². The Kier molecular flexibility index (Phi) is 3.77. The molecule has 0 radical (unpaired) electrons. The molecule has 0 aliphatic rings. The topological polar surface area (TPSA) is 86.7 Å². The number of imidazole rings is 1. The molecule has 5 aromatic rings. The van der Waals surface area contributed by atoms with Gasteiger partial charge in [0.05, 0.1) is 27.0 Å². The summed E-state index contributed by atoms with van der Waals surface area (Å²) in [7, 11) is 0. The number of fused-ring (bicyclic) bond motifs is 6. The van der Waals surface area contributed by atoms with Gasteiger partial charge in [0.2, 0.25) is 0 Å². The molecule has 0 saturated heterocycles. The number of non-ortho nitro benzene ring substituents is 1. The van der Waals surface area contributed by atoms with Gasteiger partial charge in [-0.2, -0.15) is 0 Å². The summed E-state index contributed by atoms with van der Waals surface area (Å²) in [6.07, 6.45) is 3.54. The molecule has 5 rings (SSSR count). The van der Waals surface area contributed by atoms with E-state index in [0.717, 1.165) is 44.2 Å². The van der Waals surface area contributed by atoms with Gasteiger partial charge in [-0.15, -0.1) is 0 Å². The van der Waals surface area contributed by atoms with E-state index < -0.39 is 4.92 Å². The highest BCUT2D eigenvalue weighted by Gasteiger charge is 2.21. The average molecular weight is 383 g/mol. The number of rotatable bonds is 3. The monoisotopic (exact) mass is 383 g/mol. The van der Waals surface area contributed by atoms with Crippen LogP contribution in [0.25, 0.3) is 44.2 Å². The Morgan fingerprint density at radius 2 is 1.52 bits per heavy atom. The summed E-state index contributed by atoms with van der Waals surface area (Å²) in [6.45, 7) is 4.21. The Morgan fingerprint density at radius 3 is 2.14 bits per heavy atom. The minimum Gasteiger partial charge on any atom is -0.321 e. The van der Waals surface area contributed by atoms with Crippen LogP contribution in [0.3, 0.4) is 0 Å². The molecule has 3 aromatic heterocycles. The molecule has 7 heteroatoms. The minimum absolute atomic E-state index is 0.0604. The Labute approximate surface area is 165 Å². The van der Waals surface area contributed by atoms with Crippen molar-refractivity contribution < 1.29 is 4.92 Å². The SMILES string of the molecule is CC(C)n1c(-c2ccc([N+](=O)[O-])cc2)nc2c3cccnc3c3ncccc3c21. The molecule has 3 heterocycles. The van der Waals surface area contributed by atoms with E-state index in [9.17, 15) is 10.1 Å². The standard InChI is InChI=1S/C22H17N5O2/c1-13(2)26-21-17-6-4-12-24-19(17)18-16(5-3-11-23-18)20(21)25-22(26)14-7-9-15(10-8-14)27(28)29/h3-13H,1-2H3. The van der Waals surface area contributed by atoms with Gasteiger partial charge >= 0.3 is 0 Å². The maximum atomic E-state index is 11.0. The van der Waals surface area contributed by atoms with E-state index in [1.54, 1.807) is 24.5 Å². The number of nitro benzene ring substituents is 1. The van der Waals surface area contributed by atoms with Gasteiger partial charge in [0.1, 0.15) is 5.82 Å². The lowest BCUT2D eigenvalue weighted by atomic mass is 10.1. The first-order valence-corrected chi connectivity index (χ1v) is 9.34. The Hall–Kier alpha value is -3.87.